The van der Waals surface area contributed by atoms with Gasteiger partial charge in [0.1, 0.15) is 17.4 Å². The molecule has 43 heavy (non-hydrogen) atoms. The quantitative estimate of drug-likeness (QED) is 0.220. The zero-order chi connectivity index (χ0) is 30.9. The molecule has 226 valence electrons. The fraction of sp³-hybridized carbons (Fsp3) is 0.333. The molecular formula is C33H39FN6O3. The molecule has 4 aromatic rings. The number of carbonyl (C=O) groups excluding carboxylic acids is 1. The predicted octanol–water partition coefficient (Wildman–Crippen LogP) is 6.03. The number of para-hydroxylation sites is 1. The van der Waals surface area contributed by atoms with Crippen molar-refractivity contribution >= 4 is 39.7 Å². The molecule has 0 saturated carbocycles. The number of methoxy groups -OCH3 is 1. The molecule has 2 aromatic heterocycles. The van der Waals surface area contributed by atoms with E-state index in [4.69, 9.17) is 9.47 Å². The fourth-order valence-electron chi connectivity index (χ4n) is 5.47. The Hall–Kier alpha value is -4.41. The summed E-state index contributed by atoms with van der Waals surface area (Å²) in [5.74, 6) is 0.189. The van der Waals surface area contributed by atoms with Gasteiger partial charge in [0, 0.05) is 53.8 Å². The van der Waals surface area contributed by atoms with Crippen LogP contribution in [-0.4, -0.2) is 67.3 Å². The SMILES string of the molecule is C=CC(=O)Nc1cc(Nc2cc(-c3c4n(c5ccccc35)CCOC4)c(F)cn2)c(OC)cc1N(C)CC(C)(C)N(C)C. The van der Waals surface area contributed by atoms with Crippen LogP contribution in [0.25, 0.3) is 22.0 Å². The highest BCUT2D eigenvalue weighted by Gasteiger charge is 2.26. The smallest absolute Gasteiger partial charge is 0.247 e. The van der Waals surface area contributed by atoms with Crippen molar-refractivity contribution in [3.63, 3.8) is 0 Å². The number of anilines is 4. The van der Waals surface area contributed by atoms with Gasteiger partial charge in [0.25, 0.3) is 0 Å². The Morgan fingerprint density at radius 2 is 1.98 bits per heavy atom. The Labute approximate surface area is 251 Å². The lowest BCUT2D eigenvalue weighted by Crippen LogP contribution is -2.47. The third kappa shape index (κ3) is 5.93. The lowest BCUT2D eigenvalue weighted by atomic mass is 10.0. The predicted molar refractivity (Wildman–Crippen MR) is 171 cm³/mol. The number of ether oxygens (including phenoxy) is 2. The van der Waals surface area contributed by atoms with Crippen LogP contribution >= 0.6 is 0 Å². The summed E-state index contributed by atoms with van der Waals surface area (Å²) < 4.78 is 29.2. The van der Waals surface area contributed by atoms with E-state index in [1.165, 1.54) is 12.3 Å². The molecule has 0 bridgehead atoms. The number of fused-ring (bicyclic) bond motifs is 3. The number of aromatic nitrogens is 2. The Morgan fingerprint density at radius 3 is 2.70 bits per heavy atom. The number of carbonyl (C=O) groups is 1. The molecule has 5 rings (SSSR count). The van der Waals surface area contributed by atoms with Crippen molar-refractivity contribution < 1.29 is 18.7 Å². The number of nitrogens with one attached hydrogen (secondary N) is 2. The van der Waals surface area contributed by atoms with Gasteiger partial charge in [-0.1, -0.05) is 24.8 Å². The zero-order valence-corrected chi connectivity index (χ0v) is 25.6. The van der Waals surface area contributed by atoms with Crippen molar-refractivity contribution in [1.82, 2.24) is 14.5 Å². The van der Waals surface area contributed by atoms with E-state index < -0.39 is 5.82 Å². The maximum absolute atomic E-state index is 15.5. The molecule has 3 heterocycles. The summed E-state index contributed by atoms with van der Waals surface area (Å²) in [6, 6.07) is 13.4. The van der Waals surface area contributed by atoms with Gasteiger partial charge in [-0.05, 0) is 52.2 Å². The van der Waals surface area contributed by atoms with Crippen molar-refractivity contribution in [2.45, 2.75) is 32.5 Å². The number of hydrogen-bond donors (Lipinski definition) is 2. The highest BCUT2D eigenvalue weighted by molar-refractivity contribution is 6.02. The minimum Gasteiger partial charge on any atom is -0.494 e. The molecule has 1 aliphatic heterocycles. The normalized spacial score (nSPS) is 13.1. The van der Waals surface area contributed by atoms with Crippen LogP contribution in [0.15, 0.2) is 61.3 Å². The van der Waals surface area contributed by atoms with Crippen LogP contribution in [0, 0.1) is 5.82 Å². The monoisotopic (exact) mass is 586 g/mol. The van der Waals surface area contributed by atoms with Gasteiger partial charge in [-0.2, -0.15) is 0 Å². The van der Waals surface area contributed by atoms with Crippen molar-refractivity contribution in [2.24, 2.45) is 0 Å². The number of rotatable bonds is 10. The molecule has 1 amide bonds. The van der Waals surface area contributed by atoms with Gasteiger partial charge in [-0.3, -0.25) is 4.79 Å². The number of hydrogen-bond acceptors (Lipinski definition) is 7. The summed E-state index contributed by atoms with van der Waals surface area (Å²) in [6.45, 7) is 10.3. The Balaban J connectivity index is 1.57. The van der Waals surface area contributed by atoms with Gasteiger partial charge in [-0.25, -0.2) is 9.37 Å². The highest BCUT2D eigenvalue weighted by Crippen LogP contribution is 2.41. The number of likely N-dealkylation sites (N-methyl/N-ethyl adjacent to an activating group) is 2. The molecule has 0 spiro atoms. The van der Waals surface area contributed by atoms with Gasteiger partial charge < -0.3 is 34.5 Å². The molecule has 9 nitrogen and oxygen atoms in total. The van der Waals surface area contributed by atoms with Crippen LogP contribution in [-0.2, 0) is 22.7 Å². The van der Waals surface area contributed by atoms with Crippen LogP contribution < -0.4 is 20.3 Å². The summed E-state index contributed by atoms with van der Waals surface area (Å²) in [4.78, 5) is 21.0. The molecule has 10 heteroatoms. The maximum Gasteiger partial charge on any atom is 0.247 e. The Kier molecular flexibility index (Phi) is 8.43. The van der Waals surface area contributed by atoms with E-state index in [1.807, 2.05) is 51.5 Å². The molecular weight excluding hydrogens is 547 g/mol. The third-order valence-corrected chi connectivity index (χ3v) is 8.17. The van der Waals surface area contributed by atoms with Gasteiger partial charge >= 0.3 is 0 Å². The number of benzene rings is 2. The van der Waals surface area contributed by atoms with Crippen LogP contribution in [0.3, 0.4) is 0 Å². The fourth-order valence-corrected chi connectivity index (χ4v) is 5.47. The number of nitrogens with zero attached hydrogens (tertiary/aromatic N) is 4. The van der Waals surface area contributed by atoms with E-state index in [9.17, 15) is 4.79 Å². The van der Waals surface area contributed by atoms with Crippen LogP contribution in [0.5, 0.6) is 5.75 Å². The van der Waals surface area contributed by atoms with Crippen LogP contribution in [0.1, 0.15) is 19.5 Å². The molecule has 0 unspecified atom stereocenters. The maximum atomic E-state index is 15.5. The zero-order valence-electron chi connectivity index (χ0n) is 25.6. The molecule has 0 aliphatic carbocycles. The first-order chi connectivity index (χ1) is 20.5. The van der Waals surface area contributed by atoms with Crippen molar-refractivity contribution in [3.05, 3.63) is 72.8 Å². The summed E-state index contributed by atoms with van der Waals surface area (Å²) in [5, 5.41) is 7.18. The van der Waals surface area contributed by atoms with Gasteiger partial charge in [0.05, 0.1) is 49.3 Å². The summed E-state index contributed by atoms with van der Waals surface area (Å²) >= 11 is 0. The Morgan fingerprint density at radius 1 is 1.21 bits per heavy atom. The highest BCUT2D eigenvalue weighted by atomic mass is 19.1. The van der Waals surface area contributed by atoms with Crippen molar-refractivity contribution in [2.75, 3.05) is 56.9 Å². The minimum absolute atomic E-state index is 0.152. The molecule has 0 fully saturated rings. The topological polar surface area (TPSA) is 83.9 Å². The van der Waals surface area contributed by atoms with E-state index >= 15 is 4.39 Å². The lowest BCUT2D eigenvalue weighted by Gasteiger charge is -2.37. The third-order valence-electron chi connectivity index (χ3n) is 8.17. The standard InChI is InChI=1S/C33H39FN6O3/c1-8-31(41)37-24-16-25(29(42-7)17-27(24)39(6)20-33(2,3)38(4)5)36-30-15-22(23(34)18-35-30)32-21-11-9-10-12-26(21)40-13-14-43-19-28(32)40/h8-12,15-18H,1,13-14,19-20H2,2-7H3,(H,35,36)(H,37,41). The second kappa shape index (κ2) is 12.1. The van der Waals surface area contributed by atoms with E-state index in [1.54, 1.807) is 19.2 Å². The van der Waals surface area contributed by atoms with Crippen molar-refractivity contribution in [3.8, 4) is 16.9 Å². The van der Waals surface area contributed by atoms with Gasteiger partial charge in [0.15, 0.2) is 0 Å². The summed E-state index contributed by atoms with van der Waals surface area (Å²) in [5.41, 5.74) is 4.94. The largest absolute Gasteiger partial charge is 0.494 e. The first-order valence-corrected chi connectivity index (χ1v) is 14.2. The molecule has 2 aromatic carbocycles. The first kappa shape index (κ1) is 30.1. The van der Waals surface area contributed by atoms with E-state index in [-0.39, 0.29) is 11.4 Å². The lowest BCUT2D eigenvalue weighted by molar-refractivity contribution is -0.111. The van der Waals surface area contributed by atoms with Gasteiger partial charge in [0.2, 0.25) is 5.91 Å². The summed E-state index contributed by atoms with van der Waals surface area (Å²) in [6.07, 6.45) is 2.45. The number of pyridine rings is 1. The average molecular weight is 587 g/mol. The van der Waals surface area contributed by atoms with E-state index in [0.29, 0.717) is 54.8 Å². The van der Waals surface area contributed by atoms with E-state index in [2.05, 4.69) is 50.4 Å². The average Bonchev–Trinajstić information content (AvgIpc) is 3.32. The Bertz CT molecular complexity index is 1680. The van der Waals surface area contributed by atoms with Crippen LogP contribution in [0.4, 0.5) is 27.3 Å². The van der Waals surface area contributed by atoms with Crippen LogP contribution in [0.2, 0.25) is 0 Å². The number of halogens is 1. The van der Waals surface area contributed by atoms with Crippen molar-refractivity contribution in [1.29, 1.82) is 0 Å². The molecule has 0 atom stereocenters. The first-order valence-electron chi connectivity index (χ1n) is 14.2. The second-order valence-electron chi connectivity index (χ2n) is 11.5. The van der Waals surface area contributed by atoms with Gasteiger partial charge in [-0.15, -0.1) is 0 Å². The van der Waals surface area contributed by atoms with E-state index in [0.717, 1.165) is 27.8 Å². The molecule has 0 radical (unpaired) electrons. The molecule has 0 saturated heterocycles. The number of amides is 1. The summed E-state index contributed by atoms with van der Waals surface area (Å²) in [7, 11) is 7.62. The molecule has 2 N–H and O–H groups in total. The minimum atomic E-state index is -0.429. The second-order valence-corrected chi connectivity index (χ2v) is 11.5. The molecule has 1 aliphatic rings.